The number of carboxylic acid groups (broad SMARTS) is 1. The lowest BCUT2D eigenvalue weighted by Crippen LogP contribution is -2.11. The van der Waals surface area contributed by atoms with Crippen molar-refractivity contribution in [2.45, 2.75) is 0 Å². The average Bonchev–Trinajstić information content (AvgIpc) is 2.36. The fourth-order valence-electron chi connectivity index (χ4n) is 1.28. The van der Waals surface area contributed by atoms with Gasteiger partial charge in [0.25, 0.3) is 0 Å². The normalized spacial score (nSPS) is 9.72. The molecule has 0 aliphatic heterocycles. The molecule has 0 aliphatic rings. The SMILES string of the molecule is C=C(CNc1cc(OC)c(Cl)cc1OC)C(=O)O. The lowest BCUT2D eigenvalue weighted by molar-refractivity contribution is -0.132. The third kappa shape index (κ3) is 3.30. The van der Waals surface area contributed by atoms with Crippen molar-refractivity contribution in [2.75, 3.05) is 26.1 Å². The van der Waals surface area contributed by atoms with Crippen LogP contribution in [0.15, 0.2) is 24.3 Å². The van der Waals surface area contributed by atoms with E-state index in [1.807, 2.05) is 0 Å². The largest absolute Gasteiger partial charge is 0.495 e. The zero-order chi connectivity index (χ0) is 13.7. The second kappa shape index (κ2) is 6.16. The van der Waals surface area contributed by atoms with E-state index in [9.17, 15) is 4.79 Å². The Bertz CT molecular complexity index is 473. The van der Waals surface area contributed by atoms with Crippen LogP contribution < -0.4 is 14.8 Å². The first-order valence-corrected chi connectivity index (χ1v) is 5.43. The number of rotatable bonds is 6. The van der Waals surface area contributed by atoms with Crippen LogP contribution in [0.3, 0.4) is 0 Å². The van der Waals surface area contributed by atoms with Gasteiger partial charge in [-0.3, -0.25) is 0 Å². The van der Waals surface area contributed by atoms with Gasteiger partial charge in [-0.15, -0.1) is 0 Å². The molecule has 1 aromatic carbocycles. The van der Waals surface area contributed by atoms with Crippen molar-refractivity contribution in [2.24, 2.45) is 0 Å². The Kier molecular flexibility index (Phi) is 4.85. The van der Waals surface area contributed by atoms with Crippen LogP contribution in [0, 0.1) is 0 Å². The number of methoxy groups -OCH3 is 2. The lowest BCUT2D eigenvalue weighted by atomic mass is 10.2. The molecule has 0 aliphatic carbocycles. The van der Waals surface area contributed by atoms with E-state index in [1.54, 1.807) is 12.1 Å². The van der Waals surface area contributed by atoms with Gasteiger partial charge in [0.2, 0.25) is 0 Å². The molecule has 0 fully saturated rings. The highest BCUT2D eigenvalue weighted by Gasteiger charge is 2.11. The summed E-state index contributed by atoms with van der Waals surface area (Å²) in [4.78, 5) is 10.6. The van der Waals surface area contributed by atoms with Gasteiger partial charge in [-0.1, -0.05) is 18.2 Å². The number of nitrogens with one attached hydrogen (secondary N) is 1. The monoisotopic (exact) mass is 271 g/mol. The Balaban J connectivity index is 2.93. The van der Waals surface area contributed by atoms with Crippen LogP contribution in [0.25, 0.3) is 0 Å². The Morgan fingerprint density at radius 1 is 1.39 bits per heavy atom. The number of hydrogen-bond acceptors (Lipinski definition) is 4. The van der Waals surface area contributed by atoms with Crippen molar-refractivity contribution in [1.29, 1.82) is 0 Å². The van der Waals surface area contributed by atoms with Gasteiger partial charge < -0.3 is 19.9 Å². The Labute approximate surface area is 110 Å². The Hall–Kier alpha value is -1.88. The van der Waals surface area contributed by atoms with Crippen molar-refractivity contribution in [3.8, 4) is 11.5 Å². The second-order valence-corrected chi connectivity index (χ2v) is 3.86. The molecule has 18 heavy (non-hydrogen) atoms. The first-order chi connectivity index (χ1) is 8.49. The number of halogens is 1. The molecule has 0 bridgehead atoms. The molecule has 5 nitrogen and oxygen atoms in total. The molecule has 0 saturated carbocycles. The van der Waals surface area contributed by atoms with Gasteiger partial charge in [0.1, 0.15) is 11.5 Å². The second-order valence-electron chi connectivity index (χ2n) is 3.45. The third-order valence-corrected chi connectivity index (χ3v) is 2.56. The maximum absolute atomic E-state index is 10.6. The average molecular weight is 272 g/mol. The van der Waals surface area contributed by atoms with E-state index in [2.05, 4.69) is 11.9 Å². The van der Waals surface area contributed by atoms with E-state index in [1.165, 1.54) is 14.2 Å². The summed E-state index contributed by atoms with van der Waals surface area (Å²) in [6, 6.07) is 3.22. The highest BCUT2D eigenvalue weighted by Crippen LogP contribution is 2.35. The maximum Gasteiger partial charge on any atom is 0.332 e. The van der Waals surface area contributed by atoms with Gasteiger partial charge in [-0.05, 0) is 0 Å². The van der Waals surface area contributed by atoms with Gasteiger partial charge in [0.15, 0.2) is 0 Å². The van der Waals surface area contributed by atoms with Gasteiger partial charge in [-0.2, -0.15) is 0 Å². The number of benzene rings is 1. The standard InChI is InChI=1S/C12H14ClNO4/c1-7(12(15)16)6-14-9-5-10(17-2)8(13)4-11(9)18-3/h4-5,14H,1,6H2,2-3H3,(H,15,16). The molecule has 0 heterocycles. The van der Waals surface area contributed by atoms with Crippen LogP contribution in [0.4, 0.5) is 5.69 Å². The Morgan fingerprint density at radius 3 is 2.50 bits per heavy atom. The van der Waals surface area contributed by atoms with Gasteiger partial charge in [-0.25, -0.2) is 4.79 Å². The highest BCUT2D eigenvalue weighted by molar-refractivity contribution is 6.32. The number of anilines is 1. The van der Waals surface area contributed by atoms with E-state index in [-0.39, 0.29) is 12.1 Å². The minimum absolute atomic E-state index is 0.0472. The summed E-state index contributed by atoms with van der Waals surface area (Å²) >= 11 is 5.95. The van der Waals surface area contributed by atoms with Crippen molar-refractivity contribution >= 4 is 23.3 Å². The molecule has 0 spiro atoms. The first kappa shape index (κ1) is 14.2. The minimum atomic E-state index is -1.05. The van der Waals surface area contributed by atoms with Crippen molar-refractivity contribution < 1.29 is 19.4 Å². The molecular weight excluding hydrogens is 258 g/mol. The predicted octanol–water partition coefficient (Wildman–Crippen LogP) is 2.41. The van der Waals surface area contributed by atoms with Crippen LogP contribution in [0.5, 0.6) is 11.5 Å². The molecule has 0 unspecified atom stereocenters. The van der Waals surface area contributed by atoms with Crippen molar-refractivity contribution in [3.05, 3.63) is 29.3 Å². The summed E-state index contributed by atoms with van der Waals surface area (Å²) < 4.78 is 10.2. The van der Waals surface area contributed by atoms with E-state index in [4.69, 9.17) is 26.2 Å². The Morgan fingerprint density at radius 2 is 2.00 bits per heavy atom. The minimum Gasteiger partial charge on any atom is -0.495 e. The van der Waals surface area contributed by atoms with E-state index >= 15 is 0 Å². The summed E-state index contributed by atoms with van der Waals surface area (Å²) in [5.74, 6) is -0.0812. The number of ether oxygens (including phenoxy) is 2. The zero-order valence-corrected chi connectivity index (χ0v) is 10.9. The van der Waals surface area contributed by atoms with Crippen LogP contribution in [-0.2, 0) is 4.79 Å². The smallest absolute Gasteiger partial charge is 0.332 e. The van der Waals surface area contributed by atoms with E-state index in [0.29, 0.717) is 22.2 Å². The molecule has 0 aromatic heterocycles. The summed E-state index contributed by atoms with van der Waals surface area (Å²) in [5, 5.41) is 12.0. The number of carboxylic acids is 1. The summed E-state index contributed by atoms with van der Waals surface area (Å²) in [7, 11) is 2.99. The van der Waals surface area contributed by atoms with Crippen LogP contribution in [0.2, 0.25) is 5.02 Å². The summed E-state index contributed by atoms with van der Waals surface area (Å²) in [6.07, 6.45) is 0. The van der Waals surface area contributed by atoms with Gasteiger partial charge in [0.05, 0.1) is 24.9 Å². The molecule has 98 valence electrons. The fourth-order valence-corrected chi connectivity index (χ4v) is 1.51. The summed E-state index contributed by atoms with van der Waals surface area (Å²) in [5.41, 5.74) is 0.632. The quantitative estimate of drug-likeness (QED) is 0.778. The molecule has 1 aromatic rings. The molecule has 0 amide bonds. The number of carbonyl (C=O) groups is 1. The zero-order valence-electron chi connectivity index (χ0n) is 10.1. The fraction of sp³-hybridized carbons (Fsp3) is 0.250. The van der Waals surface area contributed by atoms with Gasteiger partial charge in [0, 0.05) is 24.3 Å². The van der Waals surface area contributed by atoms with Crippen LogP contribution in [-0.4, -0.2) is 31.8 Å². The van der Waals surface area contributed by atoms with Crippen molar-refractivity contribution in [1.82, 2.24) is 0 Å². The predicted molar refractivity (Wildman–Crippen MR) is 69.8 cm³/mol. The maximum atomic E-state index is 10.6. The molecule has 0 atom stereocenters. The number of aliphatic carboxylic acids is 1. The third-order valence-electron chi connectivity index (χ3n) is 2.27. The topological polar surface area (TPSA) is 67.8 Å². The first-order valence-electron chi connectivity index (χ1n) is 5.06. The lowest BCUT2D eigenvalue weighted by Gasteiger charge is -2.13. The summed E-state index contributed by atoms with van der Waals surface area (Å²) in [6.45, 7) is 3.52. The molecule has 1 rings (SSSR count). The van der Waals surface area contributed by atoms with E-state index < -0.39 is 5.97 Å². The van der Waals surface area contributed by atoms with Crippen molar-refractivity contribution in [3.63, 3.8) is 0 Å². The molecule has 0 radical (unpaired) electrons. The van der Waals surface area contributed by atoms with E-state index in [0.717, 1.165) is 0 Å². The molecule has 6 heteroatoms. The molecule has 0 saturated heterocycles. The highest BCUT2D eigenvalue weighted by atomic mass is 35.5. The van der Waals surface area contributed by atoms with Crippen LogP contribution in [0.1, 0.15) is 0 Å². The molecular formula is C12H14ClNO4. The molecule has 2 N–H and O–H groups in total. The van der Waals surface area contributed by atoms with Gasteiger partial charge >= 0.3 is 5.97 Å². The number of hydrogen-bond donors (Lipinski definition) is 2. The van der Waals surface area contributed by atoms with Crippen LogP contribution >= 0.6 is 11.6 Å².